The molecule has 0 radical (unpaired) electrons. The number of nitrogens with one attached hydrogen (secondary N) is 2. The average molecular weight is 326 g/mol. The van der Waals surface area contributed by atoms with Crippen LogP contribution in [-0.4, -0.2) is 25.4 Å². The van der Waals surface area contributed by atoms with Gasteiger partial charge >= 0.3 is 0 Å². The fourth-order valence-electron chi connectivity index (χ4n) is 1.94. The number of rotatable bonds is 4. The molecular weight excluding hydrogens is 300 g/mol. The van der Waals surface area contributed by atoms with Crippen LogP contribution in [0.4, 0.5) is 0 Å². The van der Waals surface area contributed by atoms with E-state index in [1.54, 1.807) is 45.0 Å². The monoisotopic (exact) mass is 326 g/mol. The first kappa shape index (κ1) is 18.6. The smallest absolute Gasteiger partial charge is 0.251 e. The SMILES string of the molecule is CC(C)(C)NC(=O)c1cccc(CS(=O)(=O)NC(C)(C)C)c1. The van der Waals surface area contributed by atoms with E-state index in [1.165, 1.54) is 0 Å². The lowest BCUT2D eigenvalue weighted by molar-refractivity contribution is 0.0919. The van der Waals surface area contributed by atoms with Crippen molar-refractivity contribution in [3.63, 3.8) is 0 Å². The van der Waals surface area contributed by atoms with Crippen molar-refractivity contribution in [2.24, 2.45) is 0 Å². The first-order chi connectivity index (χ1) is 9.77. The highest BCUT2D eigenvalue weighted by molar-refractivity contribution is 7.88. The number of carbonyl (C=O) groups is 1. The van der Waals surface area contributed by atoms with E-state index in [1.807, 2.05) is 20.8 Å². The summed E-state index contributed by atoms with van der Waals surface area (Å²) in [5.41, 5.74) is 0.171. The maximum atomic E-state index is 12.1. The first-order valence-corrected chi connectivity index (χ1v) is 8.86. The van der Waals surface area contributed by atoms with Gasteiger partial charge in [-0.2, -0.15) is 0 Å². The van der Waals surface area contributed by atoms with Crippen LogP contribution in [0.1, 0.15) is 57.5 Å². The zero-order valence-electron chi connectivity index (χ0n) is 14.1. The molecule has 0 aliphatic rings. The van der Waals surface area contributed by atoms with E-state index < -0.39 is 15.6 Å². The molecule has 1 aromatic carbocycles. The zero-order valence-corrected chi connectivity index (χ0v) is 15.0. The van der Waals surface area contributed by atoms with E-state index in [0.717, 1.165) is 0 Å². The number of hydrogen-bond acceptors (Lipinski definition) is 3. The Hall–Kier alpha value is -1.40. The average Bonchev–Trinajstić information content (AvgIpc) is 2.22. The lowest BCUT2D eigenvalue weighted by Gasteiger charge is -2.21. The molecule has 124 valence electrons. The van der Waals surface area contributed by atoms with Crippen LogP contribution in [0.15, 0.2) is 24.3 Å². The summed E-state index contributed by atoms with van der Waals surface area (Å²) in [7, 11) is -3.45. The Labute approximate surface area is 133 Å². The van der Waals surface area contributed by atoms with Gasteiger partial charge in [0.15, 0.2) is 0 Å². The second-order valence-corrected chi connectivity index (χ2v) is 9.24. The van der Waals surface area contributed by atoms with Crippen molar-refractivity contribution in [3.05, 3.63) is 35.4 Å². The first-order valence-electron chi connectivity index (χ1n) is 7.21. The molecule has 0 unspecified atom stereocenters. The largest absolute Gasteiger partial charge is 0.347 e. The van der Waals surface area contributed by atoms with Crippen LogP contribution in [0.2, 0.25) is 0 Å². The molecule has 0 aliphatic carbocycles. The van der Waals surface area contributed by atoms with E-state index in [-0.39, 0.29) is 17.2 Å². The molecule has 5 nitrogen and oxygen atoms in total. The van der Waals surface area contributed by atoms with Gasteiger partial charge in [-0.1, -0.05) is 12.1 Å². The molecule has 0 fully saturated rings. The fourth-order valence-corrected chi connectivity index (χ4v) is 3.56. The molecule has 0 spiro atoms. The number of benzene rings is 1. The van der Waals surface area contributed by atoms with E-state index in [0.29, 0.717) is 11.1 Å². The van der Waals surface area contributed by atoms with Crippen LogP contribution in [-0.2, 0) is 15.8 Å². The Balaban J connectivity index is 2.91. The van der Waals surface area contributed by atoms with Crippen LogP contribution in [0.25, 0.3) is 0 Å². The normalized spacial score (nSPS) is 13.0. The lowest BCUT2D eigenvalue weighted by Crippen LogP contribution is -2.41. The molecule has 1 amide bonds. The minimum atomic E-state index is -3.45. The van der Waals surface area contributed by atoms with Gasteiger partial charge in [-0.25, -0.2) is 13.1 Å². The molecule has 22 heavy (non-hydrogen) atoms. The van der Waals surface area contributed by atoms with Gasteiger partial charge in [0.25, 0.3) is 5.91 Å². The van der Waals surface area contributed by atoms with Crippen molar-refractivity contribution in [1.82, 2.24) is 10.0 Å². The van der Waals surface area contributed by atoms with Crippen molar-refractivity contribution >= 4 is 15.9 Å². The zero-order chi connectivity index (χ0) is 17.2. The Kier molecular flexibility index (Phi) is 5.41. The van der Waals surface area contributed by atoms with Gasteiger partial charge in [0.1, 0.15) is 0 Å². The standard InChI is InChI=1S/C16H26N2O3S/c1-15(2,3)17-14(19)13-9-7-8-12(10-13)11-22(20,21)18-16(4,5)6/h7-10,18H,11H2,1-6H3,(H,17,19). The van der Waals surface area contributed by atoms with Crippen molar-refractivity contribution < 1.29 is 13.2 Å². The molecule has 0 saturated heterocycles. The Bertz CT molecular complexity index is 638. The second kappa shape index (κ2) is 6.38. The van der Waals surface area contributed by atoms with Crippen LogP contribution in [0.3, 0.4) is 0 Å². The van der Waals surface area contributed by atoms with Gasteiger partial charge in [-0.3, -0.25) is 4.79 Å². The predicted molar refractivity (Wildman–Crippen MR) is 89.2 cm³/mol. The summed E-state index contributed by atoms with van der Waals surface area (Å²) in [5.74, 6) is -0.364. The quantitative estimate of drug-likeness (QED) is 0.892. The molecule has 6 heteroatoms. The minimum absolute atomic E-state index is 0.152. The van der Waals surface area contributed by atoms with Gasteiger partial charge < -0.3 is 5.32 Å². The highest BCUT2D eigenvalue weighted by Gasteiger charge is 2.21. The summed E-state index contributed by atoms with van der Waals surface area (Å²) in [5, 5.41) is 2.86. The molecule has 0 aliphatic heterocycles. The van der Waals surface area contributed by atoms with E-state index >= 15 is 0 Å². The van der Waals surface area contributed by atoms with Gasteiger partial charge in [0.2, 0.25) is 10.0 Å². The Morgan fingerprint density at radius 1 is 1.05 bits per heavy atom. The maximum absolute atomic E-state index is 12.1. The second-order valence-electron chi connectivity index (χ2n) is 7.52. The van der Waals surface area contributed by atoms with Gasteiger partial charge in [0.05, 0.1) is 5.75 Å². The van der Waals surface area contributed by atoms with Crippen LogP contribution in [0.5, 0.6) is 0 Å². The minimum Gasteiger partial charge on any atom is -0.347 e. The predicted octanol–water partition coefficient (Wildman–Crippen LogP) is 2.43. The molecule has 0 bridgehead atoms. The molecule has 0 atom stereocenters. The third-order valence-electron chi connectivity index (χ3n) is 2.50. The number of hydrogen-bond donors (Lipinski definition) is 2. The summed E-state index contributed by atoms with van der Waals surface area (Å²) in [6, 6.07) is 6.69. The van der Waals surface area contributed by atoms with Crippen molar-refractivity contribution in [1.29, 1.82) is 0 Å². The molecule has 1 rings (SSSR count). The highest BCUT2D eigenvalue weighted by atomic mass is 32.2. The third kappa shape index (κ3) is 7.04. The number of amides is 1. The highest BCUT2D eigenvalue weighted by Crippen LogP contribution is 2.12. The van der Waals surface area contributed by atoms with Crippen LogP contribution < -0.4 is 10.0 Å². The van der Waals surface area contributed by atoms with Crippen LogP contribution in [0, 0.1) is 0 Å². The molecule has 0 aromatic heterocycles. The lowest BCUT2D eigenvalue weighted by atomic mass is 10.1. The summed E-state index contributed by atoms with van der Waals surface area (Å²) >= 11 is 0. The Morgan fingerprint density at radius 3 is 2.14 bits per heavy atom. The topological polar surface area (TPSA) is 75.3 Å². The molecule has 1 aromatic rings. The van der Waals surface area contributed by atoms with E-state index in [2.05, 4.69) is 10.0 Å². The van der Waals surface area contributed by atoms with Gasteiger partial charge in [-0.05, 0) is 59.2 Å². The molecule has 0 saturated carbocycles. The molecule has 0 heterocycles. The van der Waals surface area contributed by atoms with Gasteiger partial charge in [0, 0.05) is 16.6 Å². The number of carbonyl (C=O) groups excluding carboxylic acids is 1. The third-order valence-corrected chi connectivity index (χ3v) is 4.13. The fraction of sp³-hybridized carbons (Fsp3) is 0.562. The number of sulfonamides is 1. The van der Waals surface area contributed by atoms with E-state index in [4.69, 9.17) is 0 Å². The summed E-state index contributed by atoms with van der Waals surface area (Å²) in [4.78, 5) is 12.1. The van der Waals surface area contributed by atoms with E-state index in [9.17, 15) is 13.2 Å². The summed E-state index contributed by atoms with van der Waals surface area (Å²) < 4.78 is 26.8. The van der Waals surface area contributed by atoms with Gasteiger partial charge in [-0.15, -0.1) is 0 Å². The summed E-state index contributed by atoms with van der Waals surface area (Å²) in [6.45, 7) is 11.1. The molecule has 2 N–H and O–H groups in total. The molecular formula is C16H26N2O3S. The van der Waals surface area contributed by atoms with Crippen molar-refractivity contribution in [3.8, 4) is 0 Å². The summed E-state index contributed by atoms with van der Waals surface area (Å²) in [6.07, 6.45) is 0. The van der Waals surface area contributed by atoms with Crippen molar-refractivity contribution in [2.75, 3.05) is 0 Å². The maximum Gasteiger partial charge on any atom is 0.251 e. The van der Waals surface area contributed by atoms with Crippen LogP contribution >= 0.6 is 0 Å². The van der Waals surface area contributed by atoms with Crippen molar-refractivity contribution in [2.45, 2.75) is 58.4 Å². The Morgan fingerprint density at radius 2 is 1.64 bits per heavy atom.